The Labute approximate surface area is 139 Å². The number of rotatable bonds is 4. The molecule has 3 rings (SSSR count). The van der Waals surface area contributed by atoms with Gasteiger partial charge in [-0.05, 0) is 43.3 Å². The monoisotopic (exact) mass is 342 g/mol. The Kier molecular flexibility index (Phi) is 4.33. The van der Waals surface area contributed by atoms with E-state index in [-0.39, 0.29) is 16.7 Å². The summed E-state index contributed by atoms with van der Waals surface area (Å²) in [5, 5.41) is 29.6. The number of hydrogen-bond acceptors (Lipinski definition) is 5. The summed E-state index contributed by atoms with van der Waals surface area (Å²) >= 11 is 0. The summed E-state index contributed by atoms with van der Waals surface area (Å²) in [6.45, 7) is 0. The van der Waals surface area contributed by atoms with Gasteiger partial charge in [0.05, 0.1) is 11.0 Å². The second-order valence-corrected chi connectivity index (χ2v) is 5.91. The molecule has 0 radical (unpaired) electrons. The molecule has 1 aromatic heterocycles. The van der Waals surface area contributed by atoms with Gasteiger partial charge in [-0.3, -0.25) is 4.79 Å². The lowest BCUT2D eigenvalue weighted by atomic mass is 10.0. The fraction of sp³-hybridized carbons (Fsp3) is 0.167. The summed E-state index contributed by atoms with van der Waals surface area (Å²) in [4.78, 5) is 12.3. The van der Waals surface area contributed by atoms with Gasteiger partial charge >= 0.3 is 0 Å². The molecule has 1 atom stereocenters. The average molecular weight is 342 g/mol. The molecule has 0 saturated carbocycles. The van der Waals surface area contributed by atoms with E-state index in [0.717, 1.165) is 30.6 Å². The van der Waals surface area contributed by atoms with Crippen LogP contribution in [0.1, 0.15) is 18.6 Å². The minimum Gasteiger partial charge on any atom is -0.504 e. The third-order valence-corrected chi connectivity index (χ3v) is 4.10. The highest BCUT2D eigenvalue weighted by Crippen LogP contribution is 2.36. The van der Waals surface area contributed by atoms with E-state index in [1.54, 1.807) is 6.08 Å². The Morgan fingerprint density at radius 1 is 1.08 bits per heavy atom. The van der Waals surface area contributed by atoms with Crippen LogP contribution in [0.5, 0.6) is 17.2 Å². The van der Waals surface area contributed by atoms with Gasteiger partial charge in [0.1, 0.15) is 0 Å². The zero-order valence-corrected chi connectivity index (χ0v) is 13.8. The van der Waals surface area contributed by atoms with Crippen molar-refractivity contribution in [2.75, 3.05) is 6.16 Å². The summed E-state index contributed by atoms with van der Waals surface area (Å²) in [5.74, 6) is -1.66. The topological polar surface area (TPSA) is 90.9 Å². The molecule has 1 aliphatic rings. The van der Waals surface area contributed by atoms with Crippen molar-refractivity contribution in [1.29, 1.82) is 0 Å². The third kappa shape index (κ3) is 2.77. The largest absolute Gasteiger partial charge is 0.504 e. The van der Waals surface area contributed by atoms with Gasteiger partial charge in [0.2, 0.25) is 16.9 Å². The van der Waals surface area contributed by atoms with Crippen molar-refractivity contribution in [3.05, 3.63) is 57.3 Å². The fourth-order valence-corrected chi connectivity index (χ4v) is 2.60. The standard InChI is InChI=1S/C18H15O5P/c19-13-8-7-12-14(20)16(22)17(23-18(12)15(13)21)11-5-3-10(4-6-11)2-1-9-24/h3,5,7-8,19,21-22H,1-2,9,24H2. The minimum atomic E-state index is -0.693. The Morgan fingerprint density at radius 2 is 1.88 bits per heavy atom. The summed E-state index contributed by atoms with van der Waals surface area (Å²) in [5.41, 5.74) is 6.25. The summed E-state index contributed by atoms with van der Waals surface area (Å²) in [6.07, 6.45) is 6.32. The van der Waals surface area contributed by atoms with E-state index in [0.29, 0.717) is 5.57 Å². The van der Waals surface area contributed by atoms with Crippen LogP contribution in [-0.2, 0) is 0 Å². The van der Waals surface area contributed by atoms with E-state index in [1.165, 1.54) is 6.07 Å². The second-order valence-electron chi connectivity index (χ2n) is 5.33. The number of fused-ring (bicyclic) bond motifs is 1. The van der Waals surface area contributed by atoms with Gasteiger partial charge in [-0.15, -0.1) is 9.24 Å². The molecule has 122 valence electrons. The van der Waals surface area contributed by atoms with Gasteiger partial charge in [0.25, 0.3) is 0 Å². The summed E-state index contributed by atoms with van der Waals surface area (Å²) in [6, 6.07) is 2.44. The molecular weight excluding hydrogens is 327 g/mol. The molecule has 1 heterocycles. The molecular formula is C18H15O5P. The van der Waals surface area contributed by atoms with Gasteiger partial charge in [-0.2, -0.15) is 0 Å². The Morgan fingerprint density at radius 3 is 2.54 bits per heavy atom. The van der Waals surface area contributed by atoms with Crippen LogP contribution in [0.4, 0.5) is 0 Å². The third-order valence-electron chi connectivity index (χ3n) is 3.69. The number of allylic oxidation sites excluding steroid dienone is 4. The van der Waals surface area contributed by atoms with Gasteiger partial charge in [0.15, 0.2) is 17.1 Å². The first-order chi connectivity index (χ1) is 11.5. The first-order valence-corrected chi connectivity index (χ1v) is 8.18. The van der Waals surface area contributed by atoms with E-state index in [1.807, 2.05) is 6.08 Å². The predicted molar refractivity (Wildman–Crippen MR) is 94.4 cm³/mol. The Balaban J connectivity index is 2.22. The molecule has 6 heteroatoms. The molecule has 3 N–H and O–H groups in total. The molecule has 1 unspecified atom stereocenters. The van der Waals surface area contributed by atoms with Crippen molar-refractivity contribution >= 4 is 25.8 Å². The predicted octanol–water partition coefficient (Wildman–Crippen LogP) is 3.20. The molecule has 0 saturated heterocycles. The Bertz CT molecular complexity index is 1020. The molecule has 0 amide bonds. The number of phenolic OH excluding ortho intramolecular Hbond substituents is 2. The molecule has 0 aliphatic heterocycles. The van der Waals surface area contributed by atoms with E-state index < -0.39 is 22.7 Å². The van der Waals surface area contributed by atoms with Crippen LogP contribution in [0, 0.1) is 0 Å². The van der Waals surface area contributed by atoms with E-state index in [2.05, 4.69) is 20.7 Å². The molecule has 1 aromatic carbocycles. The van der Waals surface area contributed by atoms with Crippen molar-refractivity contribution in [3.63, 3.8) is 0 Å². The van der Waals surface area contributed by atoms with Crippen molar-refractivity contribution < 1.29 is 19.7 Å². The maximum Gasteiger partial charge on any atom is 0.235 e. The molecule has 0 fully saturated rings. The van der Waals surface area contributed by atoms with E-state index in [4.69, 9.17) is 4.42 Å². The lowest BCUT2D eigenvalue weighted by Gasteiger charge is -2.08. The minimum absolute atomic E-state index is 0.0207. The summed E-state index contributed by atoms with van der Waals surface area (Å²) in [7, 11) is 2.66. The van der Waals surface area contributed by atoms with Crippen LogP contribution in [0.3, 0.4) is 0 Å². The van der Waals surface area contributed by atoms with Gasteiger partial charge < -0.3 is 19.7 Å². The SMILES string of the molecule is O=c1c(O)c(C2=C=C=C(CCCP)C=C2)oc2c(O)c(O)ccc12. The van der Waals surface area contributed by atoms with Gasteiger partial charge in [-0.1, -0.05) is 11.5 Å². The number of aromatic hydroxyl groups is 3. The van der Waals surface area contributed by atoms with Crippen LogP contribution in [0.15, 0.2) is 50.5 Å². The van der Waals surface area contributed by atoms with Crippen LogP contribution in [-0.4, -0.2) is 21.5 Å². The molecule has 0 spiro atoms. The molecule has 1 aliphatic carbocycles. The lowest BCUT2D eigenvalue weighted by Crippen LogP contribution is -2.04. The van der Waals surface area contributed by atoms with E-state index in [9.17, 15) is 20.1 Å². The average Bonchev–Trinajstić information content (AvgIpc) is 2.60. The first-order valence-electron chi connectivity index (χ1n) is 7.37. The number of benzene rings is 1. The van der Waals surface area contributed by atoms with Gasteiger partial charge in [-0.25, -0.2) is 0 Å². The molecule has 5 nitrogen and oxygen atoms in total. The van der Waals surface area contributed by atoms with E-state index >= 15 is 0 Å². The zero-order valence-electron chi connectivity index (χ0n) is 12.7. The quantitative estimate of drug-likeness (QED) is 0.451. The van der Waals surface area contributed by atoms with Crippen molar-refractivity contribution in [2.45, 2.75) is 12.8 Å². The number of hydrogen-bond donors (Lipinski definition) is 3. The Hall–Kier alpha value is -2.70. The van der Waals surface area contributed by atoms with Crippen molar-refractivity contribution in [2.24, 2.45) is 0 Å². The van der Waals surface area contributed by atoms with Crippen LogP contribution >= 0.6 is 9.24 Å². The van der Waals surface area contributed by atoms with Crippen LogP contribution in [0.25, 0.3) is 16.5 Å². The number of phenols is 2. The van der Waals surface area contributed by atoms with Gasteiger partial charge in [0, 0.05) is 5.57 Å². The second kappa shape index (κ2) is 6.43. The molecule has 0 bridgehead atoms. The highest BCUT2D eigenvalue weighted by Gasteiger charge is 2.20. The normalized spacial score (nSPS) is 13.2. The van der Waals surface area contributed by atoms with Crippen molar-refractivity contribution in [1.82, 2.24) is 0 Å². The smallest absolute Gasteiger partial charge is 0.235 e. The highest BCUT2D eigenvalue weighted by molar-refractivity contribution is 7.16. The van der Waals surface area contributed by atoms with Crippen molar-refractivity contribution in [3.8, 4) is 17.2 Å². The maximum atomic E-state index is 12.3. The molecule has 2 aromatic rings. The highest BCUT2D eigenvalue weighted by atomic mass is 31.0. The maximum absolute atomic E-state index is 12.3. The van der Waals surface area contributed by atoms with Crippen LogP contribution in [0.2, 0.25) is 0 Å². The lowest BCUT2D eigenvalue weighted by molar-refractivity contribution is 0.393. The first kappa shape index (κ1) is 16.2. The molecule has 24 heavy (non-hydrogen) atoms. The summed E-state index contributed by atoms with van der Waals surface area (Å²) < 4.78 is 5.48. The zero-order chi connectivity index (χ0) is 17.3. The van der Waals surface area contributed by atoms with Crippen LogP contribution < -0.4 is 5.43 Å². The fourth-order valence-electron chi connectivity index (χ4n) is 2.39.